The van der Waals surface area contributed by atoms with E-state index in [0.717, 1.165) is 17.4 Å². The molecule has 2 aromatic carbocycles. The number of carbonyl (C=O) groups excluding carboxylic acids is 1. The minimum absolute atomic E-state index is 0. The minimum Gasteiger partial charge on any atom is -0.340 e. The van der Waals surface area contributed by atoms with E-state index >= 15 is 0 Å². The molecule has 26 heavy (non-hydrogen) atoms. The van der Waals surface area contributed by atoms with Crippen LogP contribution in [0.1, 0.15) is 11.5 Å². The van der Waals surface area contributed by atoms with Gasteiger partial charge in [-0.1, -0.05) is 48.5 Å². The number of para-hydroxylation sites is 1. The first-order valence-corrected chi connectivity index (χ1v) is 8.69. The van der Waals surface area contributed by atoms with Gasteiger partial charge in [0.25, 0.3) is 0 Å². The molecule has 0 saturated carbocycles. The number of hydrogen-bond donors (Lipinski definition) is 1. The first-order valence-electron chi connectivity index (χ1n) is 8.69. The Hall–Kier alpha value is -2.37. The number of nitrogens with zero attached hydrogens (tertiary/aromatic N) is 3. The van der Waals surface area contributed by atoms with Crippen molar-refractivity contribution < 1.29 is 4.79 Å². The van der Waals surface area contributed by atoms with Gasteiger partial charge in [0.15, 0.2) is 0 Å². The fourth-order valence-electron chi connectivity index (χ4n) is 3.77. The van der Waals surface area contributed by atoms with Crippen LogP contribution in [-0.4, -0.2) is 40.2 Å². The molecule has 136 valence electrons. The molecule has 1 saturated heterocycles. The number of rotatable bonds is 4. The highest BCUT2D eigenvalue weighted by Crippen LogP contribution is 2.32. The molecule has 3 aromatic rings. The zero-order chi connectivity index (χ0) is 17.2. The Labute approximate surface area is 159 Å². The Kier molecular flexibility index (Phi) is 5.59. The number of fused-ring (bicyclic) bond motifs is 1. The number of hydrogen-bond acceptors (Lipinski definition) is 3. The van der Waals surface area contributed by atoms with E-state index in [0.29, 0.717) is 24.9 Å². The molecular formula is C20H23ClN4O. The summed E-state index contributed by atoms with van der Waals surface area (Å²) in [7, 11) is 0. The molecule has 0 spiro atoms. The van der Waals surface area contributed by atoms with Gasteiger partial charge in [0, 0.05) is 24.4 Å². The van der Waals surface area contributed by atoms with E-state index in [-0.39, 0.29) is 24.9 Å². The monoisotopic (exact) mass is 370 g/mol. The van der Waals surface area contributed by atoms with Crippen LogP contribution in [-0.2, 0) is 11.3 Å². The van der Waals surface area contributed by atoms with Crippen molar-refractivity contribution >= 4 is 29.2 Å². The van der Waals surface area contributed by atoms with Gasteiger partial charge in [-0.05, 0) is 24.1 Å². The van der Waals surface area contributed by atoms with E-state index in [1.165, 1.54) is 5.56 Å². The Morgan fingerprint density at radius 3 is 2.58 bits per heavy atom. The van der Waals surface area contributed by atoms with E-state index in [4.69, 9.17) is 5.73 Å². The molecule has 1 aliphatic rings. The second-order valence-electron chi connectivity index (χ2n) is 6.67. The quantitative estimate of drug-likeness (QED) is 0.767. The van der Waals surface area contributed by atoms with E-state index in [1.54, 1.807) is 4.68 Å². The number of halogens is 1. The Balaban J connectivity index is 0.00000196. The van der Waals surface area contributed by atoms with Gasteiger partial charge in [-0.25, -0.2) is 0 Å². The molecule has 1 amide bonds. The van der Waals surface area contributed by atoms with Crippen molar-refractivity contribution in [3.8, 4) is 0 Å². The van der Waals surface area contributed by atoms with Crippen LogP contribution in [0.3, 0.4) is 0 Å². The summed E-state index contributed by atoms with van der Waals surface area (Å²) in [6, 6.07) is 18.3. The Morgan fingerprint density at radius 2 is 1.81 bits per heavy atom. The van der Waals surface area contributed by atoms with Crippen molar-refractivity contribution in [2.45, 2.75) is 12.5 Å². The number of nitrogens with two attached hydrogens (primary N) is 1. The third-order valence-corrected chi connectivity index (χ3v) is 5.16. The second kappa shape index (κ2) is 7.89. The van der Waals surface area contributed by atoms with E-state index < -0.39 is 0 Å². The maximum absolute atomic E-state index is 12.8. The number of amides is 1. The fraction of sp³-hybridized carbons (Fsp3) is 0.300. The fourth-order valence-corrected chi connectivity index (χ4v) is 3.77. The van der Waals surface area contributed by atoms with Crippen molar-refractivity contribution in [2.24, 2.45) is 11.7 Å². The van der Waals surface area contributed by atoms with Gasteiger partial charge >= 0.3 is 0 Å². The third-order valence-electron chi connectivity index (χ3n) is 5.16. The predicted octanol–water partition coefficient (Wildman–Crippen LogP) is 2.66. The standard InChI is InChI=1S/C20H22N4O.ClH/c21-10-17-12-23(13-18(17)15-6-2-1-3-7-15)20(25)14-24-19-9-5-4-8-16(19)11-22-24;/h1-9,11,17-18H,10,12-14,21H2;1H/t17-,18+;/m1./s1. The van der Waals surface area contributed by atoms with Crippen LogP contribution in [0.2, 0.25) is 0 Å². The Bertz CT molecular complexity index is 880. The maximum Gasteiger partial charge on any atom is 0.244 e. The normalized spacial score (nSPS) is 19.5. The summed E-state index contributed by atoms with van der Waals surface area (Å²) in [6.45, 7) is 2.30. The Morgan fingerprint density at radius 1 is 1.08 bits per heavy atom. The molecule has 1 fully saturated rings. The van der Waals surface area contributed by atoms with Crippen LogP contribution in [0.5, 0.6) is 0 Å². The molecule has 0 unspecified atom stereocenters. The van der Waals surface area contributed by atoms with Gasteiger partial charge in [-0.2, -0.15) is 5.10 Å². The lowest BCUT2D eigenvalue weighted by Gasteiger charge is -2.17. The lowest BCUT2D eigenvalue weighted by molar-refractivity contribution is -0.131. The highest BCUT2D eigenvalue weighted by Gasteiger charge is 2.35. The van der Waals surface area contributed by atoms with E-state index in [9.17, 15) is 4.79 Å². The van der Waals surface area contributed by atoms with Crippen LogP contribution < -0.4 is 5.73 Å². The van der Waals surface area contributed by atoms with Crippen molar-refractivity contribution in [1.29, 1.82) is 0 Å². The molecule has 1 aromatic heterocycles. The van der Waals surface area contributed by atoms with Gasteiger partial charge in [-0.15, -0.1) is 12.4 Å². The molecule has 0 aliphatic carbocycles. The first kappa shape index (κ1) is 18.4. The lowest BCUT2D eigenvalue weighted by atomic mass is 9.89. The van der Waals surface area contributed by atoms with Crippen molar-refractivity contribution in [2.75, 3.05) is 19.6 Å². The highest BCUT2D eigenvalue weighted by atomic mass is 35.5. The topological polar surface area (TPSA) is 64.2 Å². The van der Waals surface area contributed by atoms with Crippen LogP contribution in [0.25, 0.3) is 10.9 Å². The van der Waals surface area contributed by atoms with Gasteiger partial charge in [0.05, 0.1) is 11.7 Å². The van der Waals surface area contributed by atoms with Gasteiger partial charge in [0.2, 0.25) is 5.91 Å². The number of aromatic nitrogens is 2. The molecule has 1 aliphatic heterocycles. The highest BCUT2D eigenvalue weighted by molar-refractivity contribution is 5.85. The molecule has 0 bridgehead atoms. The molecular weight excluding hydrogens is 348 g/mol. The smallest absolute Gasteiger partial charge is 0.244 e. The summed E-state index contributed by atoms with van der Waals surface area (Å²) < 4.78 is 1.78. The molecule has 2 heterocycles. The summed E-state index contributed by atoms with van der Waals surface area (Å²) in [5.41, 5.74) is 8.23. The largest absolute Gasteiger partial charge is 0.340 e. The zero-order valence-electron chi connectivity index (χ0n) is 14.5. The number of carbonyl (C=O) groups is 1. The number of likely N-dealkylation sites (tertiary alicyclic amines) is 1. The summed E-state index contributed by atoms with van der Waals surface area (Å²) in [4.78, 5) is 14.8. The molecule has 4 rings (SSSR count). The van der Waals surface area contributed by atoms with Crippen molar-refractivity contribution in [1.82, 2.24) is 14.7 Å². The van der Waals surface area contributed by atoms with E-state index in [1.807, 2.05) is 53.6 Å². The summed E-state index contributed by atoms with van der Waals surface area (Å²) in [6.07, 6.45) is 1.81. The van der Waals surface area contributed by atoms with Crippen LogP contribution >= 0.6 is 12.4 Å². The van der Waals surface area contributed by atoms with Gasteiger partial charge in [-0.3, -0.25) is 9.48 Å². The third kappa shape index (κ3) is 3.45. The summed E-state index contributed by atoms with van der Waals surface area (Å²) >= 11 is 0. The average Bonchev–Trinajstić information content (AvgIpc) is 3.27. The summed E-state index contributed by atoms with van der Waals surface area (Å²) in [5.74, 6) is 0.718. The van der Waals surface area contributed by atoms with Crippen LogP contribution in [0.15, 0.2) is 60.8 Å². The predicted molar refractivity (Wildman–Crippen MR) is 105 cm³/mol. The van der Waals surface area contributed by atoms with Crippen LogP contribution in [0, 0.1) is 5.92 Å². The van der Waals surface area contributed by atoms with E-state index in [2.05, 4.69) is 17.2 Å². The molecule has 6 heteroatoms. The van der Waals surface area contributed by atoms with Crippen LogP contribution in [0.4, 0.5) is 0 Å². The minimum atomic E-state index is 0. The SMILES string of the molecule is Cl.NC[C@@H]1CN(C(=O)Cn2ncc3ccccc32)C[C@H]1c1ccccc1. The first-order chi connectivity index (χ1) is 12.3. The lowest BCUT2D eigenvalue weighted by Crippen LogP contribution is -2.33. The zero-order valence-corrected chi connectivity index (χ0v) is 15.3. The van der Waals surface area contributed by atoms with Gasteiger partial charge in [0.1, 0.15) is 6.54 Å². The van der Waals surface area contributed by atoms with Gasteiger partial charge < -0.3 is 10.6 Å². The number of benzene rings is 2. The van der Waals surface area contributed by atoms with Crippen molar-refractivity contribution in [3.05, 3.63) is 66.4 Å². The average molecular weight is 371 g/mol. The molecule has 2 N–H and O–H groups in total. The molecule has 2 atom stereocenters. The second-order valence-corrected chi connectivity index (χ2v) is 6.67. The molecule has 5 nitrogen and oxygen atoms in total. The summed E-state index contributed by atoms with van der Waals surface area (Å²) in [5, 5.41) is 5.42. The molecule has 0 radical (unpaired) electrons. The van der Waals surface area contributed by atoms with Crippen molar-refractivity contribution in [3.63, 3.8) is 0 Å². The maximum atomic E-state index is 12.8.